The van der Waals surface area contributed by atoms with Gasteiger partial charge in [0, 0.05) is 24.4 Å². The molecule has 3 saturated heterocycles. The van der Waals surface area contributed by atoms with Crippen LogP contribution in [0.25, 0.3) is 0 Å². The summed E-state index contributed by atoms with van der Waals surface area (Å²) in [4.78, 5) is 7.24. The maximum Gasteiger partial charge on any atom is 0.143 e. The Morgan fingerprint density at radius 1 is 1.31 bits per heavy atom. The van der Waals surface area contributed by atoms with Crippen LogP contribution >= 0.6 is 0 Å². The number of ether oxygens (including phenoxy) is 2. The Hall–Kier alpha value is -2.45. The van der Waals surface area contributed by atoms with Crippen molar-refractivity contribution < 1.29 is 9.47 Å². The quantitative estimate of drug-likeness (QED) is 0.671. The van der Waals surface area contributed by atoms with Crippen molar-refractivity contribution in [1.29, 1.82) is 5.41 Å². The fraction of sp³-hybridized carbons (Fsp3) is 0.571. The summed E-state index contributed by atoms with van der Waals surface area (Å²) in [6.07, 6.45) is 8.17. The minimum Gasteiger partial charge on any atom is -0.377 e. The maximum atomic E-state index is 8.15. The topological polar surface area (TPSA) is 99.1 Å². The molecule has 5 heterocycles. The third kappa shape index (κ3) is 3.62. The van der Waals surface area contributed by atoms with Crippen LogP contribution in [0, 0.1) is 5.41 Å². The molecule has 4 atom stereocenters. The molecule has 2 aromatic heterocycles. The number of pyridine rings is 1. The molecular formula is C21H28N6O2. The number of morpholine rings is 1. The molecular weight excluding hydrogens is 368 g/mol. The highest BCUT2D eigenvalue weighted by molar-refractivity contribution is 5.89. The van der Waals surface area contributed by atoms with Gasteiger partial charge in [-0.3, -0.25) is 5.10 Å². The summed E-state index contributed by atoms with van der Waals surface area (Å²) in [6.45, 7) is 4.40. The van der Waals surface area contributed by atoms with Crippen molar-refractivity contribution in [2.75, 3.05) is 30.0 Å². The van der Waals surface area contributed by atoms with Gasteiger partial charge in [0.2, 0.25) is 0 Å². The minimum atomic E-state index is 0.265. The summed E-state index contributed by atoms with van der Waals surface area (Å²) in [5.74, 6) is 2.81. The highest BCUT2D eigenvalue weighted by atomic mass is 16.5. The number of rotatable bonds is 5. The van der Waals surface area contributed by atoms with E-state index in [4.69, 9.17) is 19.9 Å². The van der Waals surface area contributed by atoms with Crippen molar-refractivity contribution in [3.63, 3.8) is 0 Å². The molecule has 0 amide bonds. The summed E-state index contributed by atoms with van der Waals surface area (Å²) in [6, 6.07) is 4.34. The molecule has 154 valence electrons. The second kappa shape index (κ2) is 7.76. The lowest BCUT2D eigenvalue weighted by molar-refractivity contribution is -0.00381. The number of aromatic amines is 1. The van der Waals surface area contributed by atoms with Crippen molar-refractivity contribution in [2.24, 2.45) is 0 Å². The number of hydrogen-bond donors (Lipinski definition) is 3. The van der Waals surface area contributed by atoms with Gasteiger partial charge in [0.25, 0.3) is 0 Å². The first kappa shape index (κ1) is 18.6. The third-order valence-electron chi connectivity index (χ3n) is 6.37. The SMILES string of the molecule is CC1COCCN1c1cc(C2CC3CC[C@@H](C2)O3)c(C=N)c(Nc2ccn[nH]2)n1. The lowest BCUT2D eigenvalue weighted by atomic mass is 9.86. The Balaban J connectivity index is 1.57. The molecule has 0 radical (unpaired) electrons. The van der Waals surface area contributed by atoms with Crippen molar-refractivity contribution in [3.05, 3.63) is 29.5 Å². The maximum absolute atomic E-state index is 8.15. The normalized spacial score (nSPS) is 29.1. The monoisotopic (exact) mass is 396 g/mol. The zero-order chi connectivity index (χ0) is 19.8. The van der Waals surface area contributed by atoms with E-state index >= 15 is 0 Å². The molecule has 2 aromatic rings. The fourth-order valence-corrected chi connectivity index (χ4v) is 4.92. The van der Waals surface area contributed by atoms with Gasteiger partial charge in [0.05, 0.1) is 37.7 Å². The predicted octanol–water partition coefficient (Wildman–Crippen LogP) is 3.20. The van der Waals surface area contributed by atoms with Crippen molar-refractivity contribution in [3.8, 4) is 0 Å². The van der Waals surface area contributed by atoms with E-state index in [2.05, 4.69) is 33.4 Å². The molecule has 2 bridgehead atoms. The van der Waals surface area contributed by atoms with Gasteiger partial charge in [0.1, 0.15) is 17.5 Å². The molecule has 0 spiro atoms. The number of hydrogen-bond acceptors (Lipinski definition) is 7. The van der Waals surface area contributed by atoms with Gasteiger partial charge < -0.3 is 25.1 Å². The largest absolute Gasteiger partial charge is 0.377 e. The van der Waals surface area contributed by atoms with E-state index in [9.17, 15) is 0 Å². The van der Waals surface area contributed by atoms with E-state index < -0.39 is 0 Å². The Kier molecular flexibility index (Phi) is 4.97. The fourth-order valence-electron chi connectivity index (χ4n) is 4.92. The van der Waals surface area contributed by atoms with Crippen LogP contribution in [-0.2, 0) is 9.47 Å². The molecule has 29 heavy (non-hydrogen) atoms. The summed E-state index contributed by atoms with van der Waals surface area (Å²) in [5.41, 5.74) is 2.06. The number of H-pyrrole nitrogens is 1. The van der Waals surface area contributed by atoms with E-state index in [1.54, 1.807) is 6.20 Å². The lowest BCUT2D eigenvalue weighted by Gasteiger charge is -2.36. The van der Waals surface area contributed by atoms with Crippen LogP contribution in [-0.4, -0.2) is 59.4 Å². The van der Waals surface area contributed by atoms with Crippen LogP contribution in [0.3, 0.4) is 0 Å². The second-order valence-corrected chi connectivity index (χ2v) is 8.31. The highest BCUT2D eigenvalue weighted by Gasteiger charge is 2.37. The van der Waals surface area contributed by atoms with Gasteiger partial charge >= 0.3 is 0 Å². The Morgan fingerprint density at radius 2 is 2.14 bits per heavy atom. The van der Waals surface area contributed by atoms with Gasteiger partial charge in [-0.15, -0.1) is 0 Å². The van der Waals surface area contributed by atoms with Crippen LogP contribution in [0.15, 0.2) is 18.3 Å². The van der Waals surface area contributed by atoms with E-state index in [0.717, 1.165) is 49.4 Å². The summed E-state index contributed by atoms with van der Waals surface area (Å²) < 4.78 is 11.7. The minimum absolute atomic E-state index is 0.265. The molecule has 3 N–H and O–H groups in total. The van der Waals surface area contributed by atoms with Crippen LogP contribution in [0.1, 0.15) is 49.7 Å². The van der Waals surface area contributed by atoms with Gasteiger partial charge in [-0.2, -0.15) is 5.10 Å². The second-order valence-electron chi connectivity index (χ2n) is 8.31. The van der Waals surface area contributed by atoms with E-state index in [1.165, 1.54) is 11.8 Å². The van der Waals surface area contributed by atoms with E-state index in [0.29, 0.717) is 37.2 Å². The first-order valence-corrected chi connectivity index (χ1v) is 10.5. The number of aromatic nitrogens is 3. The Bertz CT molecular complexity index is 858. The predicted molar refractivity (Wildman–Crippen MR) is 111 cm³/mol. The highest BCUT2D eigenvalue weighted by Crippen LogP contribution is 2.43. The smallest absolute Gasteiger partial charge is 0.143 e. The molecule has 3 fully saturated rings. The molecule has 0 saturated carbocycles. The number of fused-ring (bicyclic) bond motifs is 2. The Morgan fingerprint density at radius 3 is 2.83 bits per heavy atom. The number of anilines is 3. The van der Waals surface area contributed by atoms with Gasteiger partial charge in [-0.05, 0) is 50.2 Å². The first-order chi connectivity index (χ1) is 14.2. The molecule has 3 unspecified atom stereocenters. The van der Waals surface area contributed by atoms with E-state index in [1.807, 2.05) is 6.07 Å². The van der Waals surface area contributed by atoms with Crippen LogP contribution < -0.4 is 10.2 Å². The summed E-state index contributed by atoms with van der Waals surface area (Å²) >= 11 is 0. The number of nitrogens with zero attached hydrogens (tertiary/aromatic N) is 3. The molecule has 3 aliphatic rings. The summed E-state index contributed by atoms with van der Waals surface area (Å²) in [5, 5.41) is 18.5. The third-order valence-corrected chi connectivity index (χ3v) is 6.37. The first-order valence-electron chi connectivity index (χ1n) is 10.5. The standard InChI is InChI=1S/C21H28N6O2/c1-13-12-28-7-6-27(13)20-10-17(14-8-15-2-3-16(9-14)29-15)18(11-22)21(25-20)24-19-4-5-23-26-19/h4-5,10-11,13-16,22H,2-3,6-9,12H2,1H3,(H2,23,24,25,26)/t13?,14?,15-,16?/m0/s1. The average Bonchev–Trinajstić information content (AvgIpc) is 3.36. The van der Waals surface area contributed by atoms with Crippen molar-refractivity contribution in [1.82, 2.24) is 15.2 Å². The van der Waals surface area contributed by atoms with Crippen LogP contribution in [0.5, 0.6) is 0 Å². The lowest BCUT2D eigenvalue weighted by Crippen LogP contribution is -2.44. The van der Waals surface area contributed by atoms with Gasteiger partial charge in [-0.1, -0.05) is 0 Å². The number of nitrogens with one attached hydrogen (secondary N) is 3. The zero-order valence-corrected chi connectivity index (χ0v) is 16.7. The Labute approximate surface area is 170 Å². The summed E-state index contributed by atoms with van der Waals surface area (Å²) in [7, 11) is 0. The molecule has 3 aliphatic heterocycles. The van der Waals surface area contributed by atoms with E-state index in [-0.39, 0.29) is 6.04 Å². The molecule has 0 aromatic carbocycles. The molecule has 0 aliphatic carbocycles. The molecule has 5 rings (SSSR count). The van der Waals surface area contributed by atoms with Crippen LogP contribution in [0.4, 0.5) is 17.5 Å². The van der Waals surface area contributed by atoms with Gasteiger partial charge in [-0.25, -0.2) is 4.98 Å². The van der Waals surface area contributed by atoms with Crippen molar-refractivity contribution >= 4 is 23.7 Å². The molecule has 8 heteroatoms. The molecule has 8 nitrogen and oxygen atoms in total. The van der Waals surface area contributed by atoms with Gasteiger partial charge in [0.15, 0.2) is 0 Å². The zero-order valence-electron chi connectivity index (χ0n) is 16.7. The van der Waals surface area contributed by atoms with Crippen LogP contribution in [0.2, 0.25) is 0 Å². The van der Waals surface area contributed by atoms with Crippen molar-refractivity contribution in [2.45, 2.75) is 56.8 Å². The average molecular weight is 396 g/mol.